The molecule has 0 saturated carbocycles. The summed E-state index contributed by atoms with van der Waals surface area (Å²) in [5, 5.41) is 0. The highest BCUT2D eigenvalue weighted by molar-refractivity contribution is 14.1. The highest BCUT2D eigenvalue weighted by Crippen LogP contribution is 2.26. The summed E-state index contributed by atoms with van der Waals surface area (Å²) in [5.74, 6) is 1.02. The fraction of sp³-hybridized carbons (Fsp3) is 0.478. The van der Waals surface area contributed by atoms with Crippen molar-refractivity contribution >= 4 is 22.6 Å². The first-order chi connectivity index (χ1) is 14.0. The number of hydrogen-bond donors (Lipinski definition) is 0. The van der Waals surface area contributed by atoms with Gasteiger partial charge in [0.2, 0.25) is 12.7 Å². The zero-order valence-corrected chi connectivity index (χ0v) is 20.0. The molecule has 2 heterocycles. The van der Waals surface area contributed by atoms with Crippen molar-refractivity contribution in [3.63, 3.8) is 0 Å². The van der Waals surface area contributed by atoms with E-state index >= 15 is 0 Å². The maximum atomic E-state index is 6.06. The molecule has 0 aliphatic heterocycles. The monoisotopic (exact) mass is 508 g/mol. The molecule has 6 heteroatoms. The van der Waals surface area contributed by atoms with Crippen LogP contribution in [0.5, 0.6) is 5.75 Å². The van der Waals surface area contributed by atoms with Gasteiger partial charge in [-0.2, -0.15) is 0 Å². The van der Waals surface area contributed by atoms with Crippen LogP contribution in [0, 0.1) is 10.5 Å². The second kappa shape index (κ2) is 10.8. The van der Waals surface area contributed by atoms with E-state index in [0.29, 0.717) is 0 Å². The van der Waals surface area contributed by atoms with Gasteiger partial charge in [0.15, 0.2) is 0 Å². The van der Waals surface area contributed by atoms with Crippen molar-refractivity contribution in [2.45, 2.75) is 52.1 Å². The molecule has 0 aliphatic rings. The van der Waals surface area contributed by atoms with Crippen molar-refractivity contribution in [1.29, 1.82) is 0 Å². The van der Waals surface area contributed by atoms with E-state index < -0.39 is 0 Å². The summed E-state index contributed by atoms with van der Waals surface area (Å²) in [6, 6.07) is 4.52. The Morgan fingerprint density at radius 2 is 1.55 bits per heavy atom. The Labute approximate surface area is 188 Å². The lowest BCUT2D eigenvalue weighted by Gasteiger charge is -2.12. The molecule has 0 spiro atoms. The van der Waals surface area contributed by atoms with Gasteiger partial charge in [-0.15, -0.1) is 0 Å². The van der Waals surface area contributed by atoms with Crippen molar-refractivity contribution in [2.24, 2.45) is 14.1 Å². The number of imidazole rings is 2. The maximum Gasteiger partial charge on any atom is 0.243 e. The third-order valence-corrected chi connectivity index (χ3v) is 6.06. The molecular formula is C23H33IN4O+2. The fourth-order valence-corrected chi connectivity index (χ4v) is 4.25. The molecule has 0 bridgehead atoms. The lowest BCUT2D eigenvalue weighted by Crippen LogP contribution is -2.23. The lowest BCUT2D eigenvalue weighted by molar-refractivity contribution is -0.671. The van der Waals surface area contributed by atoms with Gasteiger partial charge in [0.1, 0.15) is 30.5 Å². The summed E-state index contributed by atoms with van der Waals surface area (Å²) in [6.45, 7) is 5.03. The minimum Gasteiger partial charge on any atom is -0.492 e. The Kier molecular flexibility index (Phi) is 8.15. The smallest absolute Gasteiger partial charge is 0.243 e. The summed E-state index contributed by atoms with van der Waals surface area (Å²) in [4.78, 5) is 0. The number of halogens is 1. The summed E-state index contributed by atoms with van der Waals surface area (Å²) in [7, 11) is 4.11. The SMILES string of the molecule is Cc1cc(OCCCn2cc[n+](C)c2)c(I)cc1CCCCCn1cc[n+](C)c1. The molecule has 156 valence electrons. The Morgan fingerprint density at radius 3 is 2.17 bits per heavy atom. The second-order valence-corrected chi connectivity index (χ2v) is 9.02. The van der Waals surface area contributed by atoms with Crippen molar-refractivity contribution < 1.29 is 13.9 Å². The van der Waals surface area contributed by atoms with Crippen LogP contribution in [0.4, 0.5) is 0 Å². The van der Waals surface area contributed by atoms with Crippen LogP contribution in [0.25, 0.3) is 0 Å². The van der Waals surface area contributed by atoms with Crippen LogP contribution in [-0.2, 0) is 33.6 Å². The van der Waals surface area contributed by atoms with Crippen LogP contribution in [-0.4, -0.2) is 15.7 Å². The third-order valence-electron chi connectivity index (χ3n) is 5.22. The normalized spacial score (nSPS) is 11.2. The molecule has 0 saturated heterocycles. The zero-order chi connectivity index (χ0) is 20.6. The molecule has 29 heavy (non-hydrogen) atoms. The van der Waals surface area contributed by atoms with Crippen molar-refractivity contribution in [1.82, 2.24) is 9.13 Å². The van der Waals surface area contributed by atoms with Gasteiger partial charge in [-0.25, -0.2) is 18.3 Å². The van der Waals surface area contributed by atoms with E-state index in [4.69, 9.17) is 4.74 Å². The van der Waals surface area contributed by atoms with Gasteiger partial charge in [0, 0.05) is 6.42 Å². The zero-order valence-electron chi connectivity index (χ0n) is 17.9. The molecule has 2 aromatic heterocycles. The van der Waals surface area contributed by atoms with Gasteiger partial charge in [-0.3, -0.25) is 0 Å². The van der Waals surface area contributed by atoms with Gasteiger partial charge in [-0.05, 0) is 78.5 Å². The summed E-state index contributed by atoms with van der Waals surface area (Å²) in [5.41, 5.74) is 2.80. The van der Waals surface area contributed by atoms with Gasteiger partial charge in [0.05, 0.1) is 37.4 Å². The molecule has 0 fully saturated rings. The van der Waals surface area contributed by atoms with Crippen molar-refractivity contribution in [3.8, 4) is 5.75 Å². The van der Waals surface area contributed by atoms with Crippen molar-refractivity contribution in [3.05, 3.63) is 64.3 Å². The van der Waals surface area contributed by atoms with Crippen LogP contribution < -0.4 is 13.9 Å². The molecule has 0 N–H and O–H groups in total. The molecule has 1 aromatic carbocycles. The number of ether oxygens (including phenoxy) is 1. The average Bonchev–Trinajstić information content (AvgIpc) is 3.29. The number of nitrogens with zero attached hydrogens (tertiary/aromatic N) is 4. The molecule has 0 unspecified atom stereocenters. The molecule has 5 nitrogen and oxygen atoms in total. The third kappa shape index (κ3) is 6.87. The van der Waals surface area contributed by atoms with E-state index in [-0.39, 0.29) is 0 Å². The van der Waals surface area contributed by atoms with E-state index in [2.05, 4.69) is 104 Å². The predicted molar refractivity (Wildman–Crippen MR) is 123 cm³/mol. The maximum absolute atomic E-state index is 6.06. The van der Waals surface area contributed by atoms with Crippen LogP contribution in [0.1, 0.15) is 36.8 Å². The first kappa shape index (κ1) is 21.9. The quantitative estimate of drug-likeness (QED) is 0.220. The number of benzene rings is 1. The number of unbranched alkanes of at least 4 members (excludes halogenated alkanes) is 2. The van der Waals surface area contributed by atoms with E-state index in [1.807, 2.05) is 7.05 Å². The van der Waals surface area contributed by atoms with Crippen LogP contribution in [0.3, 0.4) is 0 Å². The highest BCUT2D eigenvalue weighted by atomic mass is 127. The number of rotatable bonds is 11. The standard InChI is InChI=1S/C23H33IN4O/c1-20-16-23(29-15-7-10-28-14-12-26(3)19-28)22(24)17-21(20)8-5-4-6-9-27-13-11-25(2)18-27/h11-14,16-19H,4-10,15H2,1-3H3/q+2. The molecule has 0 amide bonds. The van der Waals surface area contributed by atoms with E-state index in [9.17, 15) is 0 Å². The fourth-order valence-electron chi connectivity index (χ4n) is 3.56. The molecule has 3 rings (SSSR count). The topological polar surface area (TPSA) is 26.8 Å². The van der Waals surface area contributed by atoms with Crippen LogP contribution >= 0.6 is 22.6 Å². The molecule has 0 aliphatic carbocycles. The Morgan fingerprint density at radius 1 is 0.897 bits per heavy atom. The number of aryl methyl sites for hydroxylation is 6. The van der Waals surface area contributed by atoms with Gasteiger partial charge < -0.3 is 4.74 Å². The van der Waals surface area contributed by atoms with Crippen LogP contribution in [0.2, 0.25) is 0 Å². The first-order valence-corrected chi connectivity index (χ1v) is 11.5. The van der Waals surface area contributed by atoms with E-state index in [1.54, 1.807) is 0 Å². The van der Waals surface area contributed by atoms with E-state index in [1.165, 1.54) is 34.0 Å². The lowest BCUT2D eigenvalue weighted by atomic mass is 10.0. The predicted octanol–water partition coefficient (Wildman–Crippen LogP) is 3.73. The van der Waals surface area contributed by atoms with Crippen LogP contribution in [0.15, 0.2) is 49.6 Å². The molecule has 3 aromatic rings. The summed E-state index contributed by atoms with van der Waals surface area (Å²) < 4.78 is 15.9. The Bertz CT molecular complexity index is 915. The van der Waals surface area contributed by atoms with Gasteiger partial charge >= 0.3 is 0 Å². The van der Waals surface area contributed by atoms with Gasteiger partial charge in [0.25, 0.3) is 0 Å². The molecule has 0 atom stereocenters. The first-order valence-electron chi connectivity index (χ1n) is 10.4. The van der Waals surface area contributed by atoms with Gasteiger partial charge in [-0.1, -0.05) is 0 Å². The molecular weight excluding hydrogens is 475 g/mol. The average molecular weight is 508 g/mol. The van der Waals surface area contributed by atoms with Crippen molar-refractivity contribution in [2.75, 3.05) is 6.61 Å². The Hall–Kier alpha value is -1.83. The minimum atomic E-state index is 0.744. The molecule has 0 radical (unpaired) electrons. The second-order valence-electron chi connectivity index (χ2n) is 7.86. The number of aromatic nitrogens is 4. The minimum absolute atomic E-state index is 0.744. The van der Waals surface area contributed by atoms with E-state index in [0.717, 1.165) is 38.3 Å². The largest absolute Gasteiger partial charge is 0.492 e. The highest BCUT2D eigenvalue weighted by Gasteiger charge is 2.08. The summed E-state index contributed by atoms with van der Waals surface area (Å²) in [6.07, 6.45) is 18.5. The Balaban J connectivity index is 1.39. The summed E-state index contributed by atoms with van der Waals surface area (Å²) >= 11 is 2.41. The number of hydrogen-bond acceptors (Lipinski definition) is 1.